The largest absolute Gasteiger partial charge is 0.489 e. The van der Waals surface area contributed by atoms with Gasteiger partial charge in [-0.25, -0.2) is 0 Å². The molecular weight excluding hydrogens is 196 g/mol. The molecule has 1 aliphatic heterocycles. The Kier molecular flexibility index (Phi) is 1.50. The predicted octanol–water partition coefficient (Wildman–Crippen LogP) is 3.60. The van der Waals surface area contributed by atoms with E-state index in [1.54, 1.807) is 0 Å². The molecular formula is C15H18O. The Balaban J connectivity index is 1.81. The van der Waals surface area contributed by atoms with E-state index in [9.17, 15) is 0 Å². The second kappa shape index (κ2) is 2.64. The molecule has 2 bridgehead atoms. The Morgan fingerprint density at radius 3 is 2.81 bits per heavy atom. The molecule has 1 heteroatoms. The molecule has 0 aromatic heterocycles. The predicted molar refractivity (Wildman–Crippen MR) is 63.6 cm³/mol. The summed E-state index contributed by atoms with van der Waals surface area (Å²) in [5, 5.41) is 0. The fraction of sp³-hybridized carbons (Fsp3) is 0.600. The van der Waals surface area contributed by atoms with E-state index in [2.05, 4.69) is 38.1 Å². The van der Waals surface area contributed by atoms with Crippen LogP contribution in [-0.4, -0.2) is 6.10 Å². The van der Waals surface area contributed by atoms with Gasteiger partial charge in [-0.05, 0) is 36.2 Å². The fourth-order valence-electron chi connectivity index (χ4n) is 4.32. The van der Waals surface area contributed by atoms with Gasteiger partial charge in [-0.2, -0.15) is 0 Å². The Bertz CT molecular complexity index is 449. The van der Waals surface area contributed by atoms with E-state index in [1.165, 1.54) is 18.4 Å². The molecule has 0 amide bonds. The van der Waals surface area contributed by atoms with Crippen molar-refractivity contribution in [1.82, 2.24) is 0 Å². The maximum absolute atomic E-state index is 6.10. The molecule has 1 heterocycles. The molecule has 0 unspecified atom stereocenters. The minimum Gasteiger partial charge on any atom is -0.489 e. The van der Waals surface area contributed by atoms with Gasteiger partial charge in [0.15, 0.2) is 0 Å². The van der Waals surface area contributed by atoms with Gasteiger partial charge >= 0.3 is 0 Å². The maximum atomic E-state index is 6.10. The van der Waals surface area contributed by atoms with Crippen LogP contribution in [0.3, 0.4) is 0 Å². The zero-order chi connectivity index (χ0) is 10.9. The number of ether oxygens (including phenoxy) is 1. The summed E-state index contributed by atoms with van der Waals surface area (Å²) in [6.07, 6.45) is 3.17. The summed E-state index contributed by atoms with van der Waals surface area (Å²) in [7, 11) is 0. The molecule has 4 aliphatic rings. The van der Waals surface area contributed by atoms with Gasteiger partial charge in [0.2, 0.25) is 0 Å². The number of para-hydroxylation sites is 1. The monoisotopic (exact) mass is 214 g/mol. The standard InChI is InChI=1S/C15H18O/c1-15(2)9-7-11(15)14-10-5-3-4-6-12(10)16-13(14)8-9/h3-6,9,11,13-14H,7-8H2,1-2H3/t9-,11+,13+,14-/m1/s1. The molecule has 0 radical (unpaired) electrons. The molecule has 3 saturated carbocycles. The molecule has 3 fully saturated rings. The highest BCUT2D eigenvalue weighted by Gasteiger charge is 2.60. The molecule has 3 aliphatic carbocycles. The van der Waals surface area contributed by atoms with Gasteiger partial charge in [-0.1, -0.05) is 32.0 Å². The van der Waals surface area contributed by atoms with Gasteiger partial charge in [0.05, 0.1) is 0 Å². The SMILES string of the molecule is CC1(C)[C@H]2C[C@@H]3Oc4ccccc4[C@@H]3[C@@H]1C2. The van der Waals surface area contributed by atoms with E-state index in [0.29, 0.717) is 17.4 Å². The van der Waals surface area contributed by atoms with E-state index in [0.717, 1.165) is 17.6 Å². The minimum absolute atomic E-state index is 0.481. The Labute approximate surface area is 96.8 Å². The fourth-order valence-corrected chi connectivity index (χ4v) is 4.32. The Hall–Kier alpha value is -0.980. The molecule has 84 valence electrons. The highest BCUT2D eigenvalue weighted by molar-refractivity contribution is 5.43. The van der Waals surface area contributed by atoms with E-state index < -0.39 is 0 Å². The van der Waals surface area contributed by atoms with E-state index in [1.807, 2.05) is 0 Å². The molecule has 1 aromatic carbocycles. The van der Waals surface area contributed by atoms with Crippen molar-refractivity contribution in [2.24, 2.45) is 17.3 Å². The molecule has 1 nitrogen and oxygen atoms in total. The normalized spacial score (nSPS) is 41.6. The summed E-state index contributed by atoms with van der Waals surface area (Å²) in [5.74, 6) is 3.57. The summed E-state index contributed by atoms with van der Waals surface area (Å²) < 4.78 is 6.10. The van der Waals surface area contributed by atoms with Crippen molar-refractivity contribution in [3.05, 3.63) is 29.8 Å². The number of hydrogen-bond donors (Lipinski definition) is 0. The topological polar surface area (TPSA) is 9.23 Å². The molecule has 0 spiro atoms. The summed E-state index contributed by atoms with van der Waals surface area (Å²) in [6, 6.07) is 8.65. The van der Waals surface area contributed by atoms with E-state index >= 15 is 0 Å². The lowest BCUT2D eigenvalue weighted by Gasteiger charge is -2.60. The first kappa shape index (κ1) is 9.09. The van der Waals surface area contributed by atoms with Gasteiger partial charge in [0.1, 0.15) is 11.9 Å². The van der Waals surface area contributed by atoms with Crippen LogP contribution >= 0.6 is 0 Å². The second-order valence-electron chi connectivity index (χ2n) is 6.32. The van der Waals surface area contributed by atoms with Crippen LogP contribution in [-0.2, 0) is 0 Å². The zero-order valence-corrected chi connectivity index (χ0v) is 9.94. The van der Waals surface area contributed by atoms with Crippen LogP contribution in [0, 0.1) is 17.3 Å². The van der Waals surface area contributed by atoms with Crippen molar-refractivity contribution in [3.63, 3.8) is 0 Å². The van der Waals surface area contributed by atoms with Crippen LogP contribution in [0.1, 0.15) is 38.2 Å². The van der Waals surface area contributed by atoms with Gasteiger partial charge < -0.3 is 4.74 Å². The average molecular weight is 214 g/mol. The van der Waals surface area contributed by atoms with Gasteiger partial charge in [-0.3, -0.25) is 0 Å². The lowest BCUT2D eigenvalue weighted by atomic mass is 9.44. The lowest BCUT2D eigenvalue weighted by molar-refractivity contribution is -0.116. The van der Waals surface area contributed by atoms with Gasteiger partial charge in [0, 0.05) is 11.5 Å². The Morgan fingerprint density at radius 1 is 1.19 bits per heavy atom. The van der Waals surface area contributed by atoms with E-state index in [-0.39, 0.29) is 0 Å². The molecule has 4 atom stereocenters. The number of hydrogen-bond acceptors (Lipinski definition) is 1. The van der Waals surface area contributed by atoms with Crippen molar-refractivity contribution in [2.75, 3.05) is 0 Å². The number of fused-ring (bicyclic) bond motifs is 1. The summed E-state index contributed by atoms with van der Waals surface area (Å²) >= 11 is 0. The molecule has 5 rings (SSSR count). The van der Waals surface area contributed by atoms with Crippen LogP contribution in [0.2, 0.25) is 0 Å². The summed E-state index contributed by atoms with van der Waals surface area (Å²) in [5.41, 5.74) is 2.02. The highest BCUT2D eigenvalue weighted by atomic mass is 16.5. The van der Waals surface area contributed by atoms with Crippen molar-refractivity contribution >= 4 is 0 Å². The van der Waals surface area contributed by atoms with E-state index in [4.69, 9.17) is 4.74 Å². The zero-order valence-electron chi connectivity index (χ0n) is 9.94. The minimum atomic E-state index is 0.481. The average Bonchev–Trinajstić information content (AvgIpc) is 2.66. The molecule has 1 aromatic rings. The second-order valence-corrected chi connectivity index (χ2v) is 6.32. The van der Waals surface area contributed by atoms with Crippen LogP contribution < -0.4 is 4.74 Å². The summed E-state index contributed by atoms with van der Waals surface area (Å²) in [4.78, 5) is 0. The number of benzene rings is 1. The van der Waals surface area contributed by atoms with Crippen molar-refractivity contribution < 1.29 is 4.74 Å². The maximum Gasteiger partial charge on any atom is 0.123 e. The van der Waals surface area contributed by atoms with Crippen molar-refractivity contribution in [1.29, 1.82) is 0 Å². The Morgan fingerprint density at radius 2 is 2.00 bits per heavy atom. The third kappa shape index (κ3) is 0.888. The molecule has 0 N–H and O–H groups in total. The van der Waals surface area contributed by atoms with Crippen LogP contribution in [0.4, 0.5) is 0 Å². The molecule has 0 saturated heterocycles. The third-order valence-corrected chi connectivity index (χ3v) is 5.45. The highest BCUT2D eigenvalue weighted by Crippen LogP contribution is 2.66. The number of rotatable bonds is 0. The smallest absolute Gasteiger partial charge is 0.123 e. The molecule has 16 heavy (non-hydrogen) atoms. The van der Waals surface area contributed by atoms with Crippen molar-refractivity contribution in [2.45, 2.75) is 38.7 Å². The van der Waals surface area contributed by atoms with Crippen LogP contribution in [0.15, 0.2) is 24.3 Å². The third-order valence-electron chi connectivity index (χ3n) is 5.45. The van der Waals surface area contributed by atoms with Crippen molar-refractivity contribution in [3.8, 4) is 5.75 Å². The lowest BCUT2D eigenvalue weighted by Crippen LogP contribution is -2.56. The first-order valence-corrected chi connectivity index (χ1v) is 6.43. The van der Waals surface area contributed by atoms with Crippen LogP contribution in [0.5, 0.6) is 5.75 Å². The quantitative estimate of drug-likeness (QED) is 0.641. The summed E-state index contributed by atoms with van der Waals surface area (Å²) in [6.45, 7) is 4.89. The first-order chi connectivity index (χ1) is 7.68. The first-order valence-electron chi connectivity index (χ1n) is 6.43. The van der Waals surface area contributed by atoms with Gasteiger partial charge in [0.25, 0.3) is 0 Å². The van der Waals surface area contributed by atoms with Crippen LogP contribution in [0.25, 0.3) is 0 Å². The van der Waals surface area contributed by atoms with Gasteiger partial charge in [-0.15, -0.1) is 0 Å².